The average Bonchev–Trinajstić information content (AvgIpc) is 3.12. The largest absolute Gasteiger partial charge is 0.323 e. The maximum absolute atomic E-state index is 11.9. The van der Waals surface area contributed by atoms with E-state index < -0.39 is 0 Å². The molecule has 1 aromatic rings. The Morgan fingerprint density at radius 2 is 2.35 bits per heavy atom. The van der Waals surface area contributed by atoms with E-state index in [1.807, 2.05) is 6.08 Å². The lowest BCUT2D eigenvalue weighted by atomic mass is 10.3. The first-order chi connectivity index (χ1) is 8.33. The Hall–Kier alpha value is -1.43. The van der Waals surface area contributed by atoms with Crippen LogP contribution in [0.5, 0.6) is 0 Å². The maximum atomic E-state index is 11.9. The van der Waals surface area contributed by atoms with Gasteiger partial charge in [0.25, 0.3) is 0 Å². The number of nitrogens with one attached hydrogen (secondary N) is 1. The molecule has 6 heteroatoms. The predicted molar refractivity (Wildman–Crippen MR) is 66.2 cm³/mol. The van der Waals surface area contributed by atoms with Gasteiger partial charge in [0, 0.05) is 30.5 Å². The molecule has 1 fully saturated rings. The van der Waals surface area contributed by atoms with Gasteiger partial charge in [0.15, 0.2) is 0 Å². The lowest BCUT2D eigenvalue weighted by Gasteiger charge is -2.22. The summed E-state index contributed by atoms with van der Waals surface area (Å²) in [6, 6.07) is -0.0761. The standard InChI is InChI=1S/C11H14N4OS/c16-11(15-6-2-1-3-7-15)13-10-12-9(14-17-10)8-4-5-8/h1-2,8H,3-7H2,(H,12,13,14,16). The van der Waals surface area contributed by atoms with Crippen molar-refractivity contribution in [3.63, 3.8) is 0 Å². The van der Waals surface area contributed by atoms with E-state index in [1.165, 1.54) is 24.4 Å². The molecular weight excluding hydrogens is 236 g/mol. The van der Waals surface area contributed by atoms with Crippen LogP contribution in [-0.4, -0.2) is 33.4 Å². The number of carbonyl (C=O) groups excluding carboxylic acids is 1. The molecule has 90 valence electrons. The Labute approximate surface area is 104 Å². The molecule has 1 aliphatic carbocycles. The molecule has 0 saturated heterocycles. The molecule has 0 radical (unpaired) electrons. The number of aromatic nitrogens is 2. The van der Waals surface area contributed by atoms with Gasteiger partial charge in [-0.15, -0.1) is 0 Å². The fourth-order valence-electron chi connectivity index (χ4n) is 1.79. The van der Waals surface area contributed by atoms with E-state index in [1.54, 1.807) is 4.90 Å². The van der Waals surface area contributed by atoms with Gasteiger partial charge in [-0.25, -0.2) is 9.78 Å². The van der Waals surface area contributed by atoms with E-state index in [0.717, 1.165) is 18.8 Å². The summed E-state index contributed by atoms with van der Waals surface area (Å²) in [5.74, 6) is 1.43. The van der Waals surface area contributed by atoms with Crippen molar-refractivity contribution in [1.29, 1.82) is 0 Å². The number of hydrogen-bond donors (Lipinski definition) is 1. The molecule has 2 heterocycles. The topological polar surface area (TPSA) is 58.1 Å². The quantitative estimate of drug-likeness (QED) is 0.819. The first kappa shape index (κ1) is 10.7. The molecule has 0 aromatic carbocycles. The Morgan fingerprint density at radius 3 is 3.06 bits per heavy atom. The van der Waals surface area contributed by atoms with Crippen molar-refractivity contribution >= 4 is 22.7 Å². The minimum atomic E-state index is -0.0761. The number of hydrogen-bond acceptors (Lipinski definition) is 4. The van der Waals surface area contributed by atoms with Crippen LogP contribution in [0.1, 0.15) is 31.0 Å². The van der Waals surface area contributed by atoms with Crippen LogP contribution in [0.15, 0.2) is 12.2 Å². The third-order valence-corrected chi connectivity index (χ3v) is 3.59. The summed E-state index contributed by atoms with van der Waals surface area (Å²) < 4.78 is 4.26. The second-order valence-corrected chi connectivity index (χ2v) is 5.12. The number of urea groups is 1. The van der Waals surface area contributed by atoms with Gasteiger partial charge in [-0.3, -0.25) is 5.32 Å². The van der Waals surface area contributed by atoms with Gasteiger partial charge in [-0.1, -0.05) is 12.2 Å². The van der Waals surface area contributed by atoms with Crippen molar-refractivity contribution in [3.8, 4) is 0 Å². The van der Waals surface area contributed by atoms with E-state index in [-0.39, 0.29) is 6.03 Å². The van der Waals surface area contributed by atoms with Crippen molar-refractivity contribution in [1.82, 2.24) is 14.3 Å². The van der Waals surface area contributed by atoms with Crippen LogP contribution >= 0.6 is 11.5 Å². The van der Waals surface area contributed by atoms with Crippen LogP contribution in [0.4, 0.5) is 9.93 Å². The first-order valence-corrected chi connectivity index (χ1v) is 6.65. The predicted octanol–water partition coefficient (Wildman–Crippen LogP) is 2.21. The summed E-state index contributed by atoms with van der Waals surface area (Å²) in [5.41, 5.74) is 0. The molecule has 0 atom stereocenters. The Bertz CT molecular complexity index is 452. The summed E-state index contributed by atoms with van der Waals surface area (Å²) in [6.45, 7) is 1.46. The summed E-state index contributed by atoms with van der Waals surface area (Å²) >= 11 is 1.27. The Balaban J connectivity index is 1.60. The molecule has 2 aliphatic rings. The van der Waals surface area contributed by atoms with Crippen molar-refractivity contribution < 1.29 is 4.79 Å². The van der Waals surface area contributed by atoms with Gasteiger partial charge >= 0.3 is 6.03 Å². The summed E-state index contributed by atoms with van der Waals surface area (Å²) in [4.78, 5) is 18.0. The highest BCUT2D eigenvalue weighted by atomic mass is 32.1. The van der Waals surface area contributed by atoms with Gasteiger partial charge in [-0.2, -0.15) is 4.37 Å². The SMILES string of the molecule is O=C(Nc1nc(C2CC2)ns1)N1CC=CCC1. The Morgan fingerprint density at radius 1 is 1.47 bits per heavy atom. The highest BCUT2D eigenvalue weighted by molar-refractivity contribution is 7.09. The lowest BCUT2D eigenvalue weighted by Crippen LogP contribution is -2.37. The van der Waals surface area contributed by atoms with E-state index in [0.29, 0.717) is 17.6 Å². The van der Waals surface area contributed by atoms with Gasteiger partial charge in [0.2, 0.25) is 5.13 Å². The zero-order chi connectivity index (χ0) is 11.7. The molecule has 3 rings (SSSR count). The van der Waals surface area contributed by atoms with Gasteiger partial charge < -0.3 is 4.90 Å². The molecule has 2 amide bonds. The van der Waals surface area contributed by atoms with Crippen LogP contribution in [0, 0.1) is 0 Å². The van der Waals surface area contributed by atoms with Crippen LogP contribution in [0.3, 0.4) is 0 Å². The zero-order valence-electron chi connectivity index (χ0n) is 9.43. The van der Waals surface area contributed by atoms with Crippen molar-refractivity contribution in [3.05, 3.63) is 18.0 Å². The number of carbonyl (C=O) groups is 1. The molecule has 0 spiro atoms. The molecule has 0 unspecified atom stereocenters. The number of rotatable bonds is 2. The van der Waals surface area contributed by atoms with Crippen molar-refractivity contribution in [2.75, 3.05) is 18.4 Å². The van der Waals surface area contributed by atoms with Crippen LogP contribution in [-0.2, 0) is 0 Å². The van der Waals surface area contributed by atoms with Crippen LogP contribution < -0.4 is 5.32 Å². The second-order valence-electron chi connectivity index (χ2n) is 4.37. The van der Waals surface area contributed by atoms with Gasteiger partial charge in [0.05, 0.1) is 0 Å². The zero-order valence-corrected chi connectivity index (χ0v) is 10.2. The molecule has 1 saturated carbocycles. The van der Waals surface area contributed by atoms with Crippen molar-refractivity contribution in [2.24, 2.45) is 0 Å². The number of anilines is 1. The first-order valence-electron chi connectivity index (χ1n) is 5.87. The molecule has 5 nitrogen and oxygen atoms in total. The van der Waals surface area contributed by atoms with Gasteiger partial charge in [-0.05, 0) is 19.3 Å². The maximum Gasteiger partial charge on any atom is 0.323 e. The highest BCUT2D eigenvalue weighted by Crippen LogP contribution is 2.39. The van der Waals surface area contributed by atoms with E-state index in [9.17, 15) is 4.79 Å². The molecular formula is C11H14N4OS. The fourth-order valence-corrected chi connectivity index (χ4v) is 2.43. The second kappa shape index (κ2) is 4.44. The smallest absolute Gasteiger partial charge is 0.320 e. The monoisotopic (exact) mass is 250 g/mol. The Kier molecular flexibility index (Phi) is 2.80. The molecule has 1 aromatic heterocycles. The van der Waals surface area contributed by atoms with E-state index in [2.05, 4.69) is 20.8 Å². The third-order valence-electron chi connectivity index (χ3n) is 2.94. The molecule has 0 bridgehead atoms. The van der Waals surface area contributed by atoms with Crippen LogP contribution in [0.2, 0.25) is 0 Å². The lowest BCUT2D eigenvalue weighted by molar-refractivity contribution is 0.216. The molecule has 1 aliphatic heterocycles. The summed E-state index contributed by atoms with van der Waals surface area (Å²) in [6.07, 6.45) is 7.40. The highest BCUT2D eigenvalue weighted by Gasteiger charge is 2.28. The van der Waals surface area contributed by atoms with E-state index >= 15 is 0 Å². The average molecular weight is 250 g/mol. The molecule has 1 N–H and O–H groups in total. The number of nitrogens with zero attached hydrogens (tertiary/aromatic N) is 3. The minimum Gasteiger partial charge on any atom is -0.320 e. The molecule has 17 heavy (non-hydrogen) atoms. The third kappa shape index (κ3) is 2.46. The van der Waals surface area contributed by atoms with E-state index in [4.69, 9.17) is 0 Å². The van der Waals surface area contributed by atoms with Gasteiger partial charge in [0.1, 0.15) is 5.82 Å². The fraction of sp³-hybridized carbons (Fsp3) is 0.545. The van der Waals surface area contributed by atoms with Crippen LogP contribution in [0.25, 0.3) is 0 Å². The summed E-state index contributed by atoms with van der Waals surface area (Å²) in [7, 11) is 0. The summed E-state index contributed by atoms with van der Waals surface area (Å²) in [5, 5.41) is 3.43. The minimum absolute atomic E-state index is 0.0761. The number of amides is 2. The normalized spacial score (nSPS) is 19.4. The van der Waals surface area contributed by atoms with Crippen molar-refractivity contribution in [2.45, 2.75) is 25.2 Å².